The van der Waals surface area contributed by atoms with Crippen molar-refractivity contribution in [1.29, 1.82) is 0 Å². The van der Waals surface area contributed by atoms with Gasteiger partial charge in [-0.05, 0) is 24.7 Å². The van der Waals surface area contributed by atoms with Crippen molar-refractivity contribution in [3.8, 4) is 0 Å². The zero-order valence-corrected chi connectivity index (χ0v) is 11.5. The first-order valence-corrected chi connectivity index (χ1v) is 7.03. The van der Waals surface area contributed by atoms with E-state index in [1.54, 1.807) is 19.4 Å². The minimum Gasteiger partial charge on any atom is -0.265 e. The second-order valence-corrected chi connectivity index (χ2v) is 5.84. The summed E-state index contributed by atoms with van der Waals surface area (Å²) < 4.78 is 3.26. The molecule has 2 aromatic heterocycles. The van der Waals surface area contributed by atoms with Gasteiger partial charge in [0.1, 0.15) is 5.52 Å². The van der Waals surface area contributed by atoms with Crippen LogP contribution in [0.5, 0.6) is 0 Å². The SMILES string of the molecule is CC1CCCC(Cn2ncc3cnn(C)c(=O)c32)C1. The largest absolute Gasteiger partial charge is 0.292 e. The summed E-state index contributed by atoms with van der Waals surface area (Å²) in [5.41, 5.74) is 0.634. The van der Waals surface area contributed by atoms with Crippen molar-refractivity contribution in [2.75, 3.05) is 0 Å². The molecular formula is C14H20N4O. The summed E-state index contributed by atoms with van der Waals surface area (Å²) in [6.45, 7) is 3.17. The Morgan fingerprint density at radius 1 is 1.32 bits per heavy atom. The lowest BCUT2D eigenvalue weighted by Crippen LogP contribution is -2.24. The van der Waals surface area contributed by atoms with Crippen LogP contribution in [0.2, 0.25) is 0 Å². The highest BCUT2D eigenvalue weighted by Crippen LogP contribution is 2.29. The summed E-state index contributed by atoms with van der Waals surface area (Å²) in [6.07, 6.45) is 8.58. The van der Waals surface area contributed by atoms with Crippen LogP contribution in [0.25, 0.3) is 10.9 Å². The molecule has 1 saturated carbocycles. The predicted octanol–water partition coefficient (Wildman–Crippen LogP) is 1.96. The maximum atomic E-state index is 12.2. The molecule has 3 rings (SSSR count). The standard InChI is InChI=1S/C14H20N4O/c1-10-4-3-5-11(6-10)9-18-13-12(8-16-18)7-15-17(2)14(13)19/h7-8,10-11H,3-6,9H2,1-2H3. The average molecular weight is 260 g/mol. The minimum atomic E-state index is -0.0566. The number of aromatic nitrogens is 4. The van der Waals surface area contributed by atoms with Gasteiger partial charge in [0.15, 0.2) is 0 Å². The topological polar surface area (TPSA) is 52.7 Å². The van der Waals surface area contributed by atoms with E-state index in [0.717, 1.165) is 17.8 Å². The first-order valence-electron chi connectivity index (χ1n) is 7.03. The molecule has 0 amide bonds. The first kappa shape index (κ1) is 12.4. The molecule has 19 heavy (non-hydrogen) atoms. The fourth-order valence-electron chi connectivity index (χ4n) is 3.19. The molecule has 2 heterocycles. The van der Waals surface area contributed by atoms with E-state index in [1.807, 2.05) is 4.68 Å². The van der Waals surface area contributed by atoms with E-state index in [0.29, 0.717) is 11.4 Å². The fraction of sp³-hybridized carbons (Fsp3) is 0.643. The Morgan fingerprint density at radius 2 is 2.11 bits per heavy atom. The van der Waals surface area contributed by atoms with Gasteiger partial charge in [0, 0.05) is 19.0 Å². The normalized spacial score (nSPS) is 23.9. The number of fused-ring (bicyclic) bond motifs is 1. The maximum absolute atomic E-state index is 12.2. The monoisotopic (exact) mass is 260 g/mol. The molecule has 5 nitrogen and oxygen atoms in total. The highest BCUT2D eigenvalue weighted by atomic mass is 16.1. The van der Waals surface area contributed by atoms with E-state index in [2.05, 4.69) is 17.1 Å². The van der Waals surface area contributed by atoms with Gasteiger partial charge in [-0.15, -0.1) is 0 Å². The Labute approximate surface area is 112 Å². The van der Waals surface area contributed by atoms with Crippen LogP contribution in [0.4, 0.5) is 0 Å². The van der Waals surface area contributed by atoms with E-state index in [9.17, 15) is 4.79 Å². The van der Waals surface area contributed by atoms with Crippen molar-refractivity contribution in [2.24, 2.45) is 18.9 Å². The zero-order chi connectivity index (χ0) is 13.4. The molecular weight excluding hydrogens is 240 g/mol. The average Bonchev–Trinajstić information content (AvgIpc) is 2.78. The van der Waals surface area contributed by atoms with Gasteiger partial charge in [-0.1, -0.05) is 19.8 Å². The Kier molecular flexibility index (Phi) is 3.12. The molecule has 0 aliphatic heterocycles. The van der Waals surface area contributed by atoms with Crippen molar-refractivity contribution in [3.63, 3.8) is 0 Å². The zero-order valence-electron chi connectivity index (χ0n) is 11.5. The summed E-state index contributed by atoms with van der Waals surface area (Å²) in [5.74, 6) is 1.44. The van der Waals surface area contributed by atoms with E-state index < -0.39 is 0 Å². The summed E-state index contributed by atoms with van der Waals surface area (Å²) in [4.78, 5) is 12.2. The van der Waals surface area contributed by atoms with Gasteiger partial charge < -0.3 is 0 Å². The van der Waals surface area contributed by atoms with Crippen molar-refractivity contribution in [3.05, 3.63) is 22.7 Å². The quantitative estimate of drug-likeness (QED) is 0.829. The van der Waals surface area contributed by atoms with Gasteiger partial charge in [-0.2, -0.15) is 10.2 Å². The number of hydrogen-bond acceptors (Lipinski definition) is 3. The van der Waals surface area contributed by atoms with E-state index in [1.165, 1.54) is 30.4 Å². The molecule has 1 fully saturated rings. The van der Waals surface area contributed by atoms with Gasteiger partial charge in [-0.25, -0.2) is 4.68 Å². The molecule has 2 atom stereocenters. The van der Waals surface area contributed by atoms with Crippen molar-refractivity contribution in [2.45, 2.75) is 39.2 Å². The Balaban J connectivity index is 1.93. The predicted molar refractivity (Wildman–Crippen MR) is 73.9 cm³/mol. The summed E-state index contributed by atoms with van der Waals surface area (Å²) in [5, 5.41) is 9.25. The maximum Gasteiger partial charge on any atom is 0.292 e. The fourth-order valence-corrected chi connectivity index (χ4v) is 3.19. The number of nitrogens with zero attached hydrogens (tertiary/aromatic N) is 4. The molecule has 0 aromatic carbocycles. The smallest absolute Gasteiger partial charge is 0.265 e. The van der Waals surface area contributed by atoms with Gasteiger partial charge in [0.05, 0.1) is 12.4 Å². The number of rotatable bonds is 2. The van der Waals surface area contributed by atoms with Crippen LogP contribution in [0.15, 0.2) is 17.2 Å². The summed E-state index contributed by atoms with van der Waals surface area (Å²) in [7, 11) is 1.68. The Morgan fingerprint density at radius 3 is 2.89 bits per heavy atom. The van der Waals surface area contributed by atoms with Crippen LogP contribution in [-0.2, 0) is 13.6 Å². The third kappa shape index (κ3) is 2.29. The van der Waals surface area contributed by atoms with E-state index in [4.69, 9.17) is 0 Å². The first-order chi connectivity index (χ1) is 9.15. The van der Waals surface area contributed by atoms with Crippen LogP contribution >= 0.6 is 0 Å². The molecule has 2 unspecified atom stereocenters. The minimum absolute atomic E-state index is 0.0566. The lowest BCUT2D eigenvalue weighted by atomic mass is 9.82. The molecule has 1 aliphatic carbocycles. The van der Waals surface area contributed by atoms with Crippen LogP contribution in [-0.4, -0.2) is 19.6 Å². The van der Waals surface area contributed by atoms with Crippen LogP contribution in [0.3, 0.4) is 0 Å². The molecule has 1 aliphatic rings. The molecule has 0 saturated heterocycles. The molecule has 102 valence electrons. The van der Waals surface area contributed by atoms with Crippen molar-refractivity contribution < 1.29 is 0 Å². The lowest BCUT2D eigenvalue weighted by molar-refractivity contribution is 0.252. The Bertz CT molecular complexity index is 642. The Hall–Kier alpha value is -1.65. The van der Waals surface area contributed by atoms with Crippen molar-refractivity contribution >= 4 is 10.9 Å². The highest BCUT2D eigenvalue weighted by molar-refractivity contribution is 5.76. The van der Waals surface area contributed by atoms with Crippen LogP contribution in [0.1, 0.15) is 32.6 Å². The van der Waals surface area contributed by atoms with E-state index in [-0.39, 0.29) is 5.56 Å². The van der Waals surface area contributed by atoms with Gasteiger partial charge in [0.25, 0.3) is 5.56 Å². The van der Waals surface area contributed by atoms with Gasteiger partial charge >= 0.3 is 0 Å². The third-order valence-corrected chi connectivity index (χ3v) is 4.21. The van der Waals surface area contributed by atoms with Crippen molar-refractivity contribution in [1.82, 2.24) is 19.6 Å². The third-order valence-electron chi connectivity index (χ3n) is 4.21. The summed E-state index contributed by atoms with van der Waals surface area (Å²) >= 11 is 0. The molecule has 0 spiro atoms. The molecule has 2 aromatic rings. The van der Waals surface area contributed by atoms with Crippen LogP contribution in [0, 0.1) is 11.8 Å². The van der Waals surface area contributed by atoms with Crippen LogP contribution < -0.4 is 5.56 Å². The number of hydrogen-bond donors (Lipinski definition) is 0. The number of aryl methyl sites for hydroxylation is 1. The second kappa shape index (κ2) is 4.79. The molecule has 0 bridgehead atoms. The van der Waals surface area contributed by atoms with E-state index >= 15 is 0 Å². The lowest BCUT2D eigenvalue weighted by Gasteiger charge is -2.26. The second-order valence-electron chi connectivity index (χ2n) is 5.84. The highest BCUT2D eigenvalue weighted by Gasteiger charge is 2.20. The van der Waals surface area contributed by atoms with Gasteiger partial charge in [0.2, 0.25) is 0 Å². The molecule has 0 radical (unpaired) electrons. The molecule has 5 heteroatoms. The summed E-state index contributed by atoms with van der Waals surface area (Å²) in [6, 6.07) is 0. The molecule has 0 N–H and O–H groups in total. The van der Waals surface area contributed by atoms with Gasteiger partial charge in [-0.3, -0.25) is 9.48 Å².